The van der Waals surface area contributed by atoms with E-state index in [9.17, 15) is 0 Å². The Labute approximate surface area is 62.0 Å². The molecule has 0 N–H and O–H groups in total. The molecule has 1 heterocycles. The zero-order chi connectivity index (χ0) is 6.69. The van der Waals surface area contributed by atoms with Gasteiger partial charge in [0.05, 0.1) is 0 Å². The van der Waals surface area contributed by atoms with Crippen LogP contribution in [0.25, 0.3) is 0 Å². The van der Waals surface area contributed by atoms with Crippen LogP contribution < -0.4 is 0 Å². The smallest absolute Gasteiger partial charge is 0.0261 e. The minimum absolute atomic E-state index is 0.673. The summed E-state index contributed by atoms with van der Waals surface area (Å²) >= 11 is 5.65. The molecule has 0 amide bonds. The quantitative estimate of drug-likeness (QED) is 0.548. The molecule has 0 radical (unpaired) electrons. The Morgan fingerprint density at radius 1 is 1.56 bits per heavy atom. The van der Waals surface area contributed by atoms with Gasteiger partial charge in [0, 0.05) is 12.4 Å². The van der Waals surface area contributed by atoms with Crippen LogP contribution in [0.4, 0.5) is 0 Å². The standard InChI is InChI=1S/C7H14ClN/c1-7(5-8)6-9-3-2-4-9/h7H,2-6H2,1H3. The van der Waals surface area contributed by atoms with E-state index in [2.05, 4.69) is 11.8 Å². The van der Waals surface area contributed by atoms with E-state index < -0.39 is 0 Å². The molecule has 1 aliphatic rings. The van der Waals surface area contributed by atoms with Gasteiger partial charge in [-0.3, -0.25) is 0 Å². The SMILES string of the molecule is CC(CCl)CN1CCC1. The molecule has 0 bridgehead atoms. The number of alkyl halides is 1. The summed E-state index contributed by atoms with van der Waals surface area (Å²) < 4.78 is 0. The fourth-order valence-corrected chi connectivity index (χ4v) is 1.15. The Morgan fingerprint density at radius 3 is 2.56 bits per heavy atom. The predicted octanol–water partition coefficient (Wildman–Crippen LogP) is 1.57. The van der Waals surface area contributed by atoms with Crippen molar-refractivity contribution in [2.45, 2.75) is 13.3 Å². The van der Waals surface area contributed by atoms with Crippen molar-refractivity contribution in [2.75, 3.05) is 25.5 Å². The van der Waals surface area contributed by atoms with Gasteiger partial charge in [-0.1, -0.05) is 6.92 Å². The summed E-state index contributed by atoms with van der Waals surface area (Å²) in [5.41, 5.74) is 0. The van der Waals surface area contributed by atoms with Crippen molar-refractivity contribution >= 4 is 11.6 Å². The Kier molecular flexibility index (Phi) is 2.80. The first kappa shape index (κ1) is 7.36. The van der Waals surface area contributed by atoms with Gasteiger partial charge < -0.3 is 4.90 Å². The fraction of sp³-hybridized carbons (Fsp3) is 1.00. The van der Waals surface area contributed by atoms with Crippen molar-refractivity contribution < 1.29 is 0 Å². The molecule has 1 nitrogen and oxygen atoms in total. The van der Waals surface area contributed by atoms with Gasteiger partial charge in [0.15, 0.2) is 0 Å². The van der Waals surface area contributed by atoms with E-state index in [4.69, 9.17) is 11.6 Å². The zero-order valence-electron chi connectivity index (χ0n) is 5.94. The highest BCUT2D eigenvalue weighted by Gasteiger charge is 2.15. The van der Waals surface area contributed by atoms with Gasteiger partial charge >= 0.3 is 0 Å². The zero-order valence-corrected chi connectivity index (χ0v) is 6.69. The molecule has 1 fully saturated rings. The second-order valence-electron chi connectivity index (χ2n) is 2.91. The van der Waals surface area contributed by atoms with Crippen LogP contribution in [0.2, 0.25) is 0 Å². The molecule has 1 atom stereocenters. The van der Waals surface area contributed by atoms with Crippen LogP contribution in [0.1, 0.15) is 13.3 Å². The van der Waals surface area contributed by atoms with Gasteiger partial charge in [0.2, 0.25) is 0 Å². The molecule has 54 valence electrons. The Morgan fingerprint density at radius 2 is 2.22 bits per heavy atom. The first-order chi connectivity index (χ1) is 4.33. The van der Waals surface area contributed by atoms with E-state index in [0.717, 1.165) is 5.88 Å². The highest BCUT2D eigenvalue weighted by molar-refractivity contribution is 6.18. The Balaban J connectivity index is 2.01. The van der Waals surface area contributed by atoms with Gasteiger partial charge in [0.25, 0.3) is 0 Å². The summed E-state index contributed by atoms with van der Waals surface area (Å²) in [5.74, 6) is 1.48. The van der Waals surface area contributed by atoms with Gasteiger partial charge in [-0.05, 0) is 25.4 Å². The largest absolute Gasteiger partial charge is 0.303 e. The van der Waals surface area contributed by atoms with Crippen molar-refractivity contribution in [3.8, 4) is 0 Å². The van der Waals surface area contributed by atoms with E-state index in [-0.39, 0.29) is 0 Å². The fourth-order valence-electron chi connectivity index (χ4n) is 1.05. The van der Waals surface area contributed by atoms with E-state index >= 15 is 0 Å². The van der Waals surface area contributed by atoms with Crippen LogP contribution in [0.5, 0.6) is 0 Å². The molecular formula is C7H14ClN. The lowest BCUT2D eigenvalue weighted by atomic mass is 10.1. The van der Waals surface area contributed by atoms with Crippen molar-refractivity contribution in [3.63, 3.8) is 0 Å². The lowest BCUT2D eigenvalue weighted by Crippen LogP contribution is -2.40. The van der Waals surface area contributed by atoms with Gasteiger partial charge in [-0.15, -0.1) is 11.6 Å². The summed E-state index contributed by atoms with van der Waals surface area (Å²) in [7, 11) is 0. The molecule has 0 saturated carbocycles. The highest BCUT2D eigenvalue weighted by Crippen LogP contribution is 2.09. The maximum Gasteiger partial charge on any atom is 0.0261 e. The summed E-state index contributed by atoms with van der Waals surface area (Å²) in [5, 5.41) is 0. The first-order valence-electron chi connectivity index (χ1n) is 3.61. The summed E-state index contributed by atoms with van der Waals surface area (Å²) in [6.07, 6.45) is 1.38. The van der Waals surface area contributed by atoms with Crippen LogP contribution >= 0.6 is 11.6 Å². The first-order valence-corrected chi connectivity index (χ1v) is 4.14. The Hall–Kier alpha value is 0.250. The molecule has 0 aromatic carbocycles. The van der Waals surface area contributed by atoms with E-state index in [0.29, 0.717) is 5.92 Å². The Bertz CT molecular complexity index is 78.2. The van der Waals surface area contributed by atoms with E-state index in [1.807, 2.05) is 0 Å². The van der Waals surface area contributed by atoms with Crippen LogP contribution in [0.3, 0.4) is 0 Å². The predicted molar refractivity (Wildman–Crippen MR) is 40.9 cm³/mol. The van der Waals surface area contributed by atoms with Crippen LogP contribution in [-0.4, -0.2) is 30.4 Å². The number of rotatable bonds is 3. The summed E-state index contributed by atoms with van der Waals surface area (Å²) in [6.45, 7) is 5.98. The van der Waals surface area contributed by atoms with Crippen molar-refractivity contribution in [2.24, 2.45) is 5.92 Å². The maximum atomic E-state index is 5.65. The highest BCUT2D eigenvalue weighted by atomic mass is 35.5. The molecule has 0 aromatic heterocycles. The third-order valence-corrected chi connectivity index (χ3v) is 2.31. The molecule has 0 spiro atoms. The van der Waals surface area contributed by atoms with Gasteiger partial charge in [-0.25, -0.2) is 0 Å². The second-order valence-corrected chi connectivity index (χ2v) is 3.22. The topological polar surface area (TPSA) is 3.24 Å². The maximum absolute atomic E-state index is 5.65. The molecule has 1 saturated heterocycles. The van der Waals surface area contributed by atoms with Crippen LogP contribution in [0.15, 0.2) is 0 Å². The molecule has 1 aliphatic heterocycles. The van der Waals surface area contributed by atoms with Gasteiger partial charge in [-0.2, -0.15) is 0 Å². The number of nitrogens with zero attached hydrogens (tertiary/aromatic N) is 1. The minimum atomic E-state index is 0.673. The summed E-state index contributed by atoms with van der Waals surface area (Å²) in [4.78, 5) is 2.45. The molecule has 0 aromatic rings. The van der Waals surface area contributed by atoms with E-state index in [1.54, 1.807) is 0 Å². The number of hydrogen-bond donors (Lipinski definition) is 0. The van der Waals surface area contributed by atoms with Crippen LogP contribution in [-0.2, 0) is 0 Å². The van der Waals surface area contributed by atoms with Crippen molar-refractivity contribution in [3.05, 3.63) is 0 Å². The molecule has 9 heavy (non-hydrogen) atoms. The number of hydrogen-bond acceptors (Lipinski definition) is 1. The lowest BCUT2D eigenvalue weighted by molar-refractivity contribution is 0.162. The molecule has 1 unspecified atom stereocenters. The summed E-state index contributed by atoms with van der Waals surface area (Å²) in [6, 6.07) is 0. The number of halogens is 1. The lowest BCUT2D eigenvalue weighted by Gasteiger charge is -2.32. The minimum Gasteiger partial charge on any atom is -0.303 e. The van der Waals surface area contributed by atoms with Crippen molar-refractivity contribution in [1.29, 1.82) is 0 Å². The number of likely N-dealkylation sites (tertiary alicyclic amines) is 1. The molecule has 1 rings (SSSR count). The van der Waals surface area contributed by atoms with Gasteiger partial charge in [0.1, 0.15) is 0 Å². The van der Waals surface area contributed by atoms with E-state index in [1.165, 1.54) is 26.1 Å². The molecule has 2 heteroatoms. The second kappa shape index (κ2) is 3.43. The third-order valence-electron chi connectivity index (χ3n) is 1.78. The molecular weight excluding hydrogens is 134 g/mol. The molecule has 0 aliphatic carbocycles. The average Bonchev–Trinajstić information content (AvgIpc) is 1.78. The normalized spacial score (nSPS) is 23.3. The van der Waals surface area contributed by atoms with Crippen LogP contribution in [0, 0.1) is 5.92 Å². The van der Waals surface area contributed by atoms with Crippen molar-refractivity contribution in [1.82, 2.24) is 4.90 Å². The monoisotopic (exact) mass is 147 g/mol. The third kappa shape index (κ3) is 2.15. The average molecular weight is 148 g/mol.